The van der Waals surface area contributed by atoms with Gasteiger partial charge in [0.05, 0.1) is 30.1 Å². The highest BCUT2D eigenvalue weighted by Gasteiger charge is 2.32. The summed E-state index contributed by atoms with van der Waals surface area (Å²) in [6, 6.07) is 9.36. The Morgan fingerprint density at radius 1 is 1.24 bits per heavy atom. The third-order valence-electron chi connectivity index (χ3n) is 4.46. The molecule has 0 saturated carbocycles. The van der Waals surface area contributed by atoms with Gasteiger partial charge in [0.1, 0.15) is 17.6 Å². The van der Waals surface area contributed by atoms with E-state index in [4.69, 9.17) is 16.3 Å². The van der Waals surface area contributed by atoms with Crippen molar-refractivity contribution in [1.82, 2.24) is 5.32 Å². The van der Waals surface area contributed by atoms with Crippen LogP contribution in [0, 0.1) is 5.82 Å². The first-order valence-corrected chi connectivity index (χ1v) is 11.2. The highest BCUT2D eigenvalue weighted by molar-refractivity contribution is 7.92. The van der Waals surface area contributed by atoms with Crippen LogP contribution in [0.1, 0.15) is 31.9 Å². The Morgan fingerprint density at radius 2 is 1.86 bits per heavy atom. The zero-order valence-corrected chi connectivity index (χ0v) is 18.2. The number of ether oxygens (including phenoxy) is 1. The topological polar surface area (TPSA) is 75.7 Å². The van der Waals surface area contributed by atoms with Crippen molar-refractivity contribution in [2.24, 2.45) is 0 Å². The smallest absolute Gasteiger partial charge is 0.244 e. The zero-order chi connectivity index (χ0) is 21.8. The van der Waals surface area contributed by atoms with Gasteiger partial charge >= 0.3 is 0 Å². The molecule has 0 aliphatic rings. The summed E-state index contributed by atoms with van der Waals surface area (Å²) < 4.78 is 44.5. The molecule has 2 aromatic rings. The van der Waals surface area contributed by atoms with E-state index >= 15 is 0 Å². The van der Waals surface area contributed by atoms with Crippen LogP contribution < -0.4 is 14.4 Å². The van der Waals surface area contributed by atoms with Crippen molar-refractivity contribution in [3.63, 3.8) is 0 Å². The molecule has 158 valence electrons. The summed E-state index contributed by atoms with van der Waals surface area (Å²) in [6.07, 6.45) is 1.20. The van der Waals surface area contributed by atoms with Gasteiger partial charge < -0.3 is 10.1 Å². The van der Waals surface area contributed by atoms with E-state index in [1.165, 1.54) is 12.1 Å². The molecule has 0 fully saturated rings. The second-order valence-electron chi connectivity index (χ2n) is 6.58. The minimum atomic E-state index is -3.84. The molecule has 2 aromatic carbocycles. The molecule has 2 atom stereocenters. The lowest BCUT2D eigenvalue weighted by atomic mass is 10.1. The van der Waals surface area contributed by atoms with E-state index in [2.05, 4.69) is 5.32 Å². The number of nitrogens with zero attached hydrogens (tertiary/aromatic N) is 1. The summed E-state index contributed by atoms with van der Waals surface area (Å²) >= 11 is 5.82. The van der Waals surface area contributed by atoms with Crippen molar-refractivity contribution < 1.29 is 22.3 Å². The van der Waals surface area contributed by atoms with Crippen molar-refractivity contribution in [2.45, 2.75) is 32.4 Å². The van der Waals surface area contributed by atoms with Crippen LogP contribution in [-0.2, 0) is 14.8 Å². The summed E-state index contributed by atoms with van der Waals surface area (Å²) in [5, 5.41) is 2.62. The predicted molar refractivity (Wildman–Crippen MR) is 112 cm³/mol. The van der Waals surface area contributed by atoms with Crippen molar-refractivity contribution in [2.75, 3.05) is 17.7 Å². The summed E-state index contributed by atoms with van der Waals surface area (Å²) in [7, 11) is -2.28. The minimum Gasteiger partial charge on any atom is -0.497 e. The molecule has 1 N–H and O–H groups in total. The van der Waals surface area contributed by atoms with Crippen LogP contribution in [0.4, 0.5) is 10.1 Å². The number of amides is 1. The Labute approximate surface area is 175 Å². The van der Waals surface area contributed by atoms with Gasteiger partial charge in [-0.2, -0.15) is 0 Å². The van der Waals surface area contributed by atoms with Gasteiger partial charge in [-0.3, -0.25) is 9.10 Å². The number of benzene rings is 2. The number of carbonyl (C=O) groups excluding carboxylic acids is 1. The molecule has 9 heteroatoms. The molecule has 29 heavy (non-hydrogen) atoms. The van der Waals surface area contributed by atoms with Gasteiger partial charge in [0.2, 0.25) is 15.9 Å². The lowest BCUT2D eigenvalue weighted by Gasteiger charge is -2.31. The SMILES string of the molecule is CC[C@@H](C(=O)N[C@@H](C)c1ccc(OC)cc1)N(c1ccc(F)c(Cl)c1)S(C)(=O)=O. The lowest BCUT2D eigenvalue weighted by molar-refractivity contribution is -0.122. The van der Waals surface area contributed by atoms with Crippen molar-refractivity contribution in [3.8, 4) is 5.75 Å². The van der Waals surface area contributed by atoms with Crippen LogP contribution >= 0.6 is 11.6 Å². The molecular formula is C20H24ClFN2O4S. The van der Waals surface area contributed by atoms with E-state index in [9.17, 15) is 17.6 Å². The number of anilines is 1. The first kappa shape index (κ1) is 23.0. The molecule has 0 aromatic heterocycles. The summed E-state index contributed by atoms with van der Waals surface area (Å²) in [6.45, 7) is 3.50. The largest absolute Gasteiger partial charge is 0.497 e. The maximum Gasteiger partial charge on any atom is 0.244 e. The van der Waals surface area contributed by atoms with E-state index in [0.717, 1.165) is 22.2 Å². The highest BCUT2D eigenvalue weighted by Crippen LogP contribution is 2.28. The number of methoxy groups -OCH3 is 1. The quantitative estimate of drug-likeness (QED) is 0.672. The number of halogens is 2. The van der Waals surface area contributed by atoms with E-state index in [1.54, 1.807) is 33.1 Å². The molecule has 0 heterocycles. The van der Waals surface area contributed by atoms with Crippen LogP contribution in [0.5, 0.6) is 5.75 Å². The summed E-state index contributed by atoms with van der Waals surface area (Å²) in [5.41, 5.74) is 0.961. The van der Waals surface area contributed by atoms with Crippen LogP contribution in [-0.4, -0.2) is 33.7 Å². The Morgan fingerprint density at radius 3 is 2.34 bits per heavy atom. The fraction of sp³-hybridized carbons (Fsp3) is 0.350. The maximum atomic E-state index is 13.5. The fourth-order valence-electron chi connectivity index (χ4n) is 2.97. The van der Waals surface area contributed by atoms with Crippen molar-refractivity contribution in [3.05, 3.63) is 58.9 Å². The third-order valence-corrected chi connectivity index (χ3v) is 5.93. The molecule has 0 bridgehead atoms. The number of hydrogen-bond donors (Lipinski definition) is 1. The Balaban J connectivity index is 2.30. The van der Waals surface area contributed by atoms with E-state index in [-0.39, 0.29) is 23.2 Å². The molecule has 1 amide bonds. The molecule has 0 radical (unpaired) electrons. The number of carbonyl (C=O) groups is 1. The summed E-state index contributed by atoms with van der Waals surface area (Å²) in [5.74, 6) is -0.452. The molecule has 0 saturated heterocycles. The number of rotatable bonds is 8. The first-order valence-electron chi connectivity index (χ1n) is 8.97. The van der Waals surface area contributed by atoms with Crippen molar-refractivity contribution in [1.29, 1.82) is 0 Å². The Hall–Kier alpha value is -2.32. The lowest BCUT2D eigenvalue weighted by Crippen LogP contribution is -2.49. The standard InChI is InChI=1S/C20H24ClFN2O4S/c1-5-19(20(25)23-13(2)14-6-9-16(28-3)10-7-14)24(29(4,26)27)15-8-11-18(22)17(21)12-15/h6-13,19H,5H2,1-4H3,(H,23,25)/t13-,19-/m0/s1. The predicted octanol–water partition coefficient (Wildman–Crippen LogP) is 3.91. The van der Waals surface area contributed by atoms with Gasteiger partial charge in [0, 0.05) is 0 Å². The average Bonchev–Trinajstić information content (AvgIpc) is 2.67. The first-order chi connectivity index (χ1) is 13.6. The van der Waals surface area contributed by atoms with Gasteiger partial charge in [-0.15, -0.1) is 0 Å². The Bertz CT molecular complexity index is 967. The van der Waals surface area contributed by atoms with E-state index in [1.807, 2.05) is 12.1 Å². The van der Waals surface area contributed by atoms with Crippen LogP contribution in [0.3, 0.4) is 0 Å². The molecule has 2 rings (SSSR count). The fourth-order valence-corrected chi connectivity index (χ4v) is 4.35. The van der Waals surface area contributed by atoms with Gasteiger partial charge in [0.25, 0.3) is 0 Å². The zero-order valence-electron chi connectivity index (χ0n) is 16.6. The molecule has 0 aliphatic carbocycles. The molecule has 0 aliphatic heterocycles. The highest BCUT2D eigenvalue weighted by atomic mass is 35.5. The van der Waals surface area contributed by atoms with Crippen LogP contribution in [0.15, 0.2) is 42.5 Å². The second-order valence-corrected chi connectivity index (χ2v) is 8.85. The van der Waals surface area contributed by atoms with Crippen molar-refractivity contribution >= 4 is 33.2 Å². The van der Waals surface area contributed by atoms with Gasteiger partial charge in [0.15, 0.2) is 0 Å². The van der Waals surface area contributed by atoms with E-state index < -0.39 is 27.8 Å². The van der Waals surface area contributed by atoms with Gasteiger partial charge in [-0.25, -0.2) is 12.8 Å². The average molecular weight is 443 g/mol. The summed E-state index contributed by atoms with van der Waals surface area (Å²) in [4.78, 5) is 12.9. The van der Waals surface area contributed by atoms with Gasteiger partial charge in [-0.1, -0.05) is 30.7 Å². The third kappa shape index (κ3) is 5.61. The molecule has 6 nitrogen and oxygen atoms in total. The number of nitrogens with one attached hydrogen (secondary N) is 1. The normalized spacial score (nSPS) is 13.4. The van der Waals surface area contributed by atoms with Gasteiger partial charge in [-0.05, 0) is 49.2 Å². The van der Waals surface area contributed by atoms with E-state index in [0.29, 0.717) is 5.75 Å². The Kier molecular flexibility index (Phi) is 7.48. The second kappa shape index (κ2) is 9.45. The number of hydrogen-bond acceptors (Lipinski definition) is 4. The monoisotopic (exact) mass is 442 g/mol. The minimum absolute atomic E-state index is 0.123. The van der Waals surface area contributed by atoms with Crippen LogP contribution in [0.25, 0.3) is 0 Å². The maximum absolute atomic E-state index is 13.5. The molecular weight excluding hydrogens is 419 g/mol. The number of sulfonamides is 1. The van der Waals surface area contributed by atoms with Crippen LogP contribution in [0.2, 0.25) is 5.02 Å². The molecule has 0 unspecified atom stereocenters. The molecule has 0 spiro atoms.